The van der Waals surface area contributed by atoms with Crippen LogP contribution >= 0.6 is 11.8 Å². The van der Waals surface area contributed by atoms with Crippen LogP contribution in [0.2, 0.25) is 0 Å². The van der Waals surface area contributed by atoms with Gasteiger partial charge in [0, 0.05) is 35.9 Å². The monoisotopic (exact) mass is 1790 g/mol. The van der Waals surface area contributed by atoms with E-state index in [4.69, 9.17) is 14.2 Å². The molecule has 0 radical (unpaired) electrons. The third kappa shape index (κ3) is 25.4. The van der Waals surface area contributed by atoms with Gasteiger partial charge in [-0.15, -0.1) is 11.8 Å². The molecule has 128 heavy (non-hydrogen) atoms. The van der Waals surface area contributed by atoms with Crippen molar-refractivity contribution >= 4 is 11.8 Å². The summed E-state index contributed by atoms with van der Waals surface area (Å²) in [5.41, 5.74) is 15.3. The highest BCUT2D eigenvalue weighted by atomic mass is 32.2. The van der Waals surface area contributed by atoms with Crippen LogP contribution in [0.1, 0.15) is 367 Å². The molecular weight excluding hydrogens is 1600 g/mol. The quantitative estimate of drug-likeness (QED) is 0.0216. The molecule has 25 atom stereocenters. The Labute approximate surface area is 784 Å². The van der Waals surface area contributed by atoms with Crippen molar-refractivity contribution in [1.82, 2.24) is 0 Å². The van der Waals surface area contributed by atoms with Gasteiger partial charge in [0.2, 0.25) is 0 Å². The van der Waals surface area contributed by atoms with Gasteiger partial charge in [0.1, 0.15) is 0 Å². The second kappa shape index (κ2) is 47.4. The van der Waals surface area contributed by atoms with Crippen LogP contribution < -0.4 is 0 Å². The molecule has 1 spiro atoms. The number of aliphatic hydroxyl groups excluding tert-OH is 8. The first kappa shape index (κ1) is 105. The third-order valence-electron chi connectivity index (χ3n) is 37.2. The zero-order chi connectivity index (χ0) is 92.7. The molecule has 8 N–H and O–H groups in total. The lowest BCUT2D eigenvalue weighted by Gasteiger charge is -2.44. The zero-order valence-electron chi connectivity index (χ0n) is 83.7. The molecule has 11 nitrogen and oxygen atoms in total. The van der Waals surface area contributed by atoms with E-state index in [2.05, 4.69) is 210 Å². The van der Waals surface area contributed by atoms with E-state index in [1.165, 1.54) is 195 Å². The first-order chi connectivity index (χ1) is 60.9. The van der Waals surface area contributed by atoms with E-state index in [0.29, 0.717) is 160 Å². The second-order valence-electron chi connectivity index (χ2n) is 45.6. The highest BCUT2D eigenvalue weighted by molar-refractivity contribution is 7.99. The van der Waals surface area contributed by atoms with Gasteiger partial charge in [0.25, 0.3) is 0 Å². The Balaban J connectivity index is 0.000000166. The van der Waals surface area contributed by atoms with Crippen molar-refractivity contribution in [3.8, 4) is 0 Å². The lowest BCUT2D eigenvalue weighted by Crippen LogP contribution is -2.39. The number of rotatable bonds is 29. The van der Waals surface area contributed by atoms with Gasteiger partial charge < -0.3 is 55.1 Å². The van der Waals surface area contributed by atoms with Gasteiger partial charge in [-0.05, 0) is 372 Å². The van der Waals surface area contributed by atoms with E-state index >= 15 is 0 Å². The molecule has 13 aliphatic rings. The van der Waals surface area contributed by atoms with Crippen LogP contribution in [-0.2, 0) is 14.2 Å². The molecule has 0 saturated heterocycles. The summed E-state index contributed by atoms with van der Waals surface area (Å²) in [6, 6.07) is 9.14. The van der Waals surface area contributed by atoms with Crippen molar-refractivity contribution in [1.29, 1.82) is 0 Å². The molecule has 1 aromatic rings. The molecule has 0 aromatic heterocycles. The summed E-state index contributed by atoms with van der Waals surface area (Å²) < 4.78 is 19.2. The Hall–Kier alpha value is -3.73. The summed E-state index contributed by atoms with van der Waals surface area (Å²) >= 11 is 2.05. The van der Waals surface area contributed by atoms with E-state index in [1.807, 2.05) is 11.8 Å². The van der Waals surface area contributed by atoms with Crippen molar-refractivity contribution in [2.24, 2.45) is 104 Å². The first-order valence-electron chi connectivity index (χ1n) is 52.6. The van der Waals surface area contributed by atoms with E-state index in [-0.39, 0.29) is 17.6 Å². The smallest absolute Gasteiger partial charge is 0.0809 e. The Kier molecular flexibility index (Phi) is 38.8. The SMILES string of the molecule is C=C1[C@H](O)CC(=C/C=C2\CCCC3(C)C2CCC3[C@@H](C)OCCC(CC)CC)C[C@H]1O.C=C1[C@H](O)CC(=C/C=C2\CCCC3(C)C2CCC3[C@@H](C)OCCCC(CC)CC)C[C@H]1O.C=C1[C@H](O)CC(=C/C=C2\CCCC3(C)C2CCC3[C@@H](C)OC[C@H](C)C(C)C)C[C@H]1O.CC(C)c1cccc(SC[C@H](C)C2CCC3/C(=C/C=C4C[C@@H](O)C5(CC5)[C@H](O)C4)CCCC32C)c1. The zero-order valence-corrected chi connectivity index (χ0v) is 84.5. The summed E-state index contributed by atoms with van der Waals surface area (Å²) in [7, 11) is 0. The second-order valence-corrected chi connectivity index (χ2v) is 46.7. The minimum Gasteiger partial charge on any atom is -0.392 e. The minimum atomic E-state index is -0.614. The van der Waals surface area contributed by atoms with Crippen molar-refractivity contribution < 1.29 is 55.1 Å². The summed E-state index contributed by atoms with van der Waals surface area (Å²) in [5, 5.41) is 82.1. The minimum absolute atomic E-state index is 0.170. The largest absolute Gasteiger partial charge is 0.392 e. The molecule has 12 unspecified atom stereocenters. The van der Waals surface area contributed by atoms with Crippen molar-refractivity contribution in [3.05, 3.63) is 159 Å². The van der Waals surface area contributed by atoms with Crippen LogP contribution in [0.4, 0.5) is 0 Å². The highest BCUT2D eigenvalue weighted by Gasteiger charge is 2.58. The molecule has 0 amide bonds. The van der Waals surface area contributed by atoms with E-state index in [0.717, 1.165) is 80.0 Å². The topological polar surface area (TPSA) is 190 Å². The maximum Gasteiger partial charge on any atom is 0.0809 e. The summed E-state index contributed by atoms with van der Waals surface area (Å²) in [6.45, 7) is 54.2. The normalized spacial score (nSPS) is 36.4. The Morgan fingerprint density at radius 1 is 0.406 bits per heavy atom. The number of aliphatic hydroxyl groups is 8. The number of hydrogen-bond acceptors (Lipinski definition) is 12. The fourth-order valence-electron chi connectivity index (χ4n) is 27.6. The van der Waals surface area contributed by atoms with Crippen LogP contribution in [-0.4, -0.2) is 134 Å². The fourth-order valence-corrected chi connectivity index (χ4v) is 28.7. The molecule has 0 aliphatic heterocycles. The average Bonchev–Trinajstić information content (AvgIpc) is 1.58. The van der Waals surface area contributed by atoms with Crippen LogP contribution in [0.15, 0.2) is 159 Å². The number of fused-ring (bicyclic) bond motifs is 4. The van der Waals surface area contributed by atoms with Gasteiger partial charge in [-0.3, -0.25) is 0 Å². The highest BCUT2D eigenvalue weighted by Crippen LogP contribution is 2.64. The first-order valence-corrected chi connectivity index (χ1v) is 53.6. The predicted molar refractivity (Wildman–Crippen MR) is 534 cm³/mol. The van der Waals surface area contributed by atoms with Crippen molar-refractivity contribution in [2.75, 3.05) is 25.6 Å². The van der Waals surface area contributed by atoms with E-state index in [9.17, 15) is 40.9 Å². The lowest BCUT2D eigenvalue weighted by molar-refractivity contribution is -0.0403. The van der Waals surface area contributed by atoms with Crippen molar-refractivity contribution in [3.63, 3.8) is 0 Å². The molecule has 0 bridgehead atoms. The number of thioether (sulfide) groups is 1. The summed E-state index contributed by atoms with van der Waals surface area (Å²) in [6.07, 6.45) is 55.9. The number of allylic oxidation sites excluding steroid dienone is 12. The molecule has 720 valence electrons. The predicted octanol–water partition coefficient (Wildman–Crippen LogP) is 26.8. The van der Waals surface area contributed by atoms with Gasteiger partial charge in [0.05, 0.1) is 67.1 Å². The Bertz CT molecular complexity index is 3960. The van der Waals surface area contributed by atoms with Gasteiger partial charge in [-0.1, -0.05) is 248 Å². The molecule has 13 saturated carbocycles. The third-order valence-corrected chi connectivity index (χ3v) is 38.5. The number of benzene rings is 1. The molecular formula is C116H184O11S. The van der Waals surface area contributed by atoms with Crippen molar-refractivity contribution in [2.45, 2.75) is 433 Å². The average molecular weight is 1790 g/mol. The molecule has 1 aromatic carbocycles. The van der Waals surface area contributed by atoms with Gasteiger partial charge in [0.15, 0.2) is 0 Å². The summed E-state index contributed by atoms with van der Waals surface area (Å²) in [4.78, 5) is 1.42. The Morgan fingerprint density at radius 2 is 0.742 bits per heavy atom. The maximum atomic E-state index is 10.6. The van der Waals surface area contributed by atoms with Crippen LogP contribution in [0.25, 0.3) is 0 Å². The fraction of sp³-hybridized carbons (Fsp3) is 0.759. The van der Waals surface area contributed by atoms with Gasteiger partial charge in [-0.25, -0.2) is 0 Å². The van der Waals surface area contributed by atoms with Crippen LogP contribution in [0.3, 0.4) is 0 Å². The number of ether oxygens (including phenoxy) is 3. The van der Waals surface area contributed by atoms with Crippen LogP contribution in [0.5, 0.6) is 0 Å². The Morgan fingerprint density at radius 3 is 1.09 bits per heavy atom. The molecule has 13 aliphatic carbocycles. The van der Waals surface area contributed by atoms with E-state index < -0.39 is 36.6 Å². The molecule has 12 heteroatoms. The lowest BCUT2D eigenvalue weighted by atomic mass is 9.61. The number of hydrogen-bond donors (Lipinski definition) is 8. The van der Waals surface area contributed by atoms with E-state index in [1.54, 1.807) is 22.3 Å². The van der Waals surface area contributed by atoms with Gasteiger partial charge >= 0.3 is 0 Å². The maximum absolute atomic E-state index is 10.6. The van der Waals surface area contributed by atoms with Crippen LogP contribution in [0, 0.1) is 104 Å². The van der Waals surface area contributed by atoms with Gasteiger partial charge in [-0.2, -0.15) is 0 Å². The summed E-state index contributed by atoms with van der Waals surface area (Å²) in [5.74, 6) is 10.7. The standard InChI is InChI=1S/C32H46O2S.C29H48O3.C28H46O3.C27H44O3/c1-21(2)25-7-5-9-26(19-25)35-20-22(3)27-12-13-28-24(8-6-14-31(27,28)4)11-10-23-17-29(33)32(15-16-32)30(34)18-23;1-6-22(7-2)10-9-17-32-21(4)25-14-15-26-24(11-8-16-29(25,26)5)13-12-23-18-27(30)20(3)28(31)19-23;1-6-21(7-2)14-16-31-20(4)24-12-13-25-23(9-8-15-28(24,25)5)11-10-22-17-26(29)19(3)27(30)18-22;1-17(2)18(3)16-30-20(5)23-11-12-24-22(8-7-13-27(23,24)6)10-9-21-14-25(28)19(4)26(29)15-21/h5,7,9-11,19,21-22,27-30,33-34H,6,8,12-18,20H2,1-4H3;12-13,21-22,25-28,30-31H,3,6-11,14-19H2,1-2,4-5H3;10-11,20-21,24-27,29-30H,3,6-9,12-18H2,1-2,4-5H3;9-10,17-18,20,23-26,28-29H,4,7-8,11-16H2,1-3,5-6H3/b24-11+;24-13+;23-11+;22-10+/t22-,27?,28?,29+,30+,31?;21-,25?,26?,27-,28-,29?;20-,24?,25?,26-,27-,28?;18-,20+,23?,24?,25+,26+,27?/m0110/s1. The molecule has 14 rings (SSSR count). The molecule has 13 fully saturated rings. The molecule has 0 heterocycles.